The first-order valence-electron chi connectivity index (χ1n) is 6.47. The number of carbonyl (C=O) groups is 1. The smallest absolute Gasteiger partial charge is 0.317 e. The first-order valence-corrected chi connectivity index (χ1v) is 6.47. The lowest BCUT2D eigenvalue weighted by molar-refractivity contribution is -0.138. The Labute approximate surface area is 112 Å². The molecule has 19 heavy (non-hydrogen) atoms. The van der Waals surface area contributed by atoms with E-state index in [1.54, 1.807) is 6.20 Å². The number of carboxylic acids is 1. The van der Waals surface area contributed by atoms with Gasteiger partial charge in [0.2, 0.25) is 0 Å². The first kappa shape index (κ1) is 13.5. The number of hydrogen-bond acceptors (Lipinski definition) is 3. The van der Waals surface area contributed by atoms with Gasteiger partial charge in [0.1, 0.15) is 0 Å². The molecule has 0 aliphatic heterocycles. The summed E-state index contributed by atoms with van der Waals surface area (Å²) in [6.45, 7) is 3.58. The minimum absolute atomic E-state index is 0.0823. The molecule has 0 fully saturated rings. The molecule has 100 valence electrons. The van der Waals surface area contributed by atoms with Crippen LogP contribution in [0.1, 0.15) is 18.9 Å². The largest absolute Gasteiger partial charge is 0.480 e. The van der Waals surface area contributed by atoms with Crippen molar-refractivity contribution < 1.29 is 9.90 Å². The summed E-state index contributed by atoms with van der Waals surface area (Å²) >= 11 is 0. The lowest BCUT2D eigenvalue weighted by Crippen LogP contribution is -2.30. The van der Waals surface area contributed by atoms with Crippen molar-refractivity contribution in [3.05, 3.63) is 42.1 Å². The fourth-order valence-corrected chi connectivity index (χ4v) is 2.20. The quantitative estimate of drug-likeness (QED) is 0.865. The Morgan fingerprint density at radius 3 is 2.95 bits per heavy atom. The second-order valence-electron chi connectivity index (χ2n) is 4.63. The molecule has 0 bridgehead atoms. The van der Waals surface area contributed by atoms with Gasteiger partial charge in [0.15, 0.2) is 0 Å². The third kappa shape index (κ3) is 3.76. The summed E-state index contributed by atoms with van der Waals surface area (Å²) in [4.78, 5) is 17.1. The number of carboxylic acid groups (broad SMARTS) is 1. The number of aromatic nitrogens is 1. The Bertz CT molecular complexity index is 569. The standard InChI is InChI=1S/C15H18N2O2/c1-2-8-17(11-15(18)19)10-12-5-6-14-13(9-12)4-3-7-16-14/h3-7,9H,2,8,10-11H2,1H3,(H,18,19). The van der Waals surface area contributed by atoms with Crippen LogP contribution in [0.3, 0.4) is 0 Å². The second kappa shape index (κ2) is 6.29. The van der Waals surface area contributed by atoms with Gasteiger partial charge in [-0.2, -0.15) is 0 Å². The van der Waals surface area contributed by atoms with Gasteiger partial charge in [-0.05, 0) is 36.7 Å². The van der Waals surface area contributed by atoms with Crippen LogP contribution >= 0.6 is 0 Å². The third-order valence-corrected chi connectivity index (χ3v) is 2.97. The molecule has 1 aromatic heterocycles. The van der Waals surface area contributed by atoms with Crippen LogP contribution < -0.4 is 0 Å². The van der Waals surface area contributed by atoms with Crippen LogP contribution in [0.2, 0.25) is 0 Å². The SMILES string of the molecule is CCCN(CC(=O)O)Cc1ccc2ncccc2c1. The van der Waals surface area contributed by atoms with Crippen molar-refractivity contribution in [1.29, 1.82) is 0 Å². The molecule has 2 rings (SSSR count). The van der Waals surface area contributed by atoms with Crippen LogP contribution in [0.25, 0.3) is 10.9 Å². The number of aliphatic carboxylic acids is 1. The van der Waals surface area contributed by atoms with Crippen LogP contribution in [0, 0.1) is 0 Å². The summed E-state index contributed by atoms with van der Waals surface area (Å²) < 4.78 is 0. The molecule has 0 aliphatic carbocycles. The molecule has 4 nitrogen and oxygen atoms in total. The van der Waals surface area contributed by atoms with E-state index in [9.17, 15) is 4.79 Å². The number of rotatable bonds is 6. The van der Waals surface area contributed by atoms with E-state index in [1.807, 2.05) is 29.2 Å². The van der Waals surface area contributed by atoms with Gasteiger partial charge in [-0.1, -0.05) is 19.1 Å². The number of fused-ring (bicyclic) bond motifs is 1. The molecule has 0 saturated heterocycles. The highest BCUT2D eigenvalue weighted by Crippen LogP contribution is 2.15. The van der Waals surface area contributed by atoms with E-state index in [4.69, 9.17) is 5.11 Å². The Kier molecular flexibility index (Phi) is 4.47. The van der Waals surface area contributed by atoms with Crippen molar-refractivity contribution in [2.45, 2.75) is 19.9 Å². The van der Waals surface area contributed by atoms with Crippen LogP contribution in [0.15, 0.2) is 36.5 Å². The lowest BCUT2D eigenvalue weighted by atomic mass is 10.1. The fourth-order valence-electron chi connectivity index (χ4n) is 2.20. The Morgan fingerprint density at radius 2 is 2.21 bits per heavy atom. The van der Waals surface area contributed by atoms with E-state index < -0.39 is 5.97 Å². The van der Waals surface area contributed by atoms with Gasteiger partial charge in [-0.15, -0.1) is 0 Å². The van der Waals surface area contributed by atoms with Crippen LogP contribution in [-0.2, 0) is 11.3 Å². The van der Waals surface area contributed by atoms with Crippen molar-refractivity contribution >= 4 is 16.9 Å². The summed E-state index contributed by atoms with van der Waals surface area (Å²) in [5.74, 6) is -0.782. The minimum Gasteiger partial charge on any atom is -0.480 e. The second-order valence-corrected chi connectivity index (χ2v) is 4.63. The zero-order valence-electron chi connectivity index (χ0n) is 11.0. The molecule has 0 atom stereocenters. The van der Waals surface area contributed by atoms with Gasteiger partial charge >= 0.3 is 5.97 Å². The maximum absolute atomic E-state index is 10.8. The highest BCUT2D eigenvalue weighted by atomic mass is 16.4. The topological polar surface area (TPSA) is 53.4 Å². The van der Waals surface area contributed by atoms with E-state index in [1.165, 1.54) is 0 Å². The molecule has 0 radical (unpaired) electrons. The van der Waals surface area contributed by atoms with E-state index in [-0.39, 0.29) is 6.54 Å². The predicted octanol–water partition coefficient (Wildman–Crippen LogP) is 2.53. The van der Waals surface area contributed by atoms with Crippen LogP contribution in [0.4, 0.5) is 0 Å². The zero-order valence-corrected chi connectivity index (χ0v) is 11.0. The number of nitrogens with zero attached hydrogens (tertiary/aromatic N) is 2. The van der Waals surface area contributed by atoms with Gasteiger partial charge in [-0.3, -0.25) is 14.7 Å². The molecule has 4 heteroatoms. The van der Waals surface area contributed by atoms with Crippen molar-refractivity contribution in [1.82, 2.24) is 9.88 Å². The molecule has 2 aromatic rings. The molecule has 0 aliphatic rings. The van der Waals surface area contributed by atoms with E-state index in [0.717, 1.165) is 29.4 Å². The number of pyridine rings is 1. The van der Waals surface area contributed by atoms with Crippen molar-refractivity contribution in [3.63, 3.8) is 0 Å². The molecule has 0 saturated carbocycles. The van der Waals surface area contributed by atoms with E-state index in [2.05, 4.69) is 18.0 Å². The fraction of sp³-hybridized carbons (Fsp3) is 0.333. The zero-order chi connectivity index (χ0) is 13.7. The summed E-state index contributed by atoms with van der Waals surface area (Å²) in [5, 5.41) is 10.00. The number of benzene rings is 1. The van der Waals surface area contributed by atoms with Crippen molar-refractivity contribution in [2.24, 2.45) is 0 Å². The normalized spacial score (nSPS) is 11.1. The maximum atomic E-state index is 10.8. The summed E-state index contributed by atoms with van der Waals surface area (Å²) in [6.07, 6.45) is 2.72. The highest BCUT2D eigenvalue weighted by Gasteiger charge is 2.09. The van der Waals surface area contributed by atoms with Gasteiger partial charge < -0.3 is 5.11 Å². The summed E-state index contributed by atoms with van der Waals surface area (Å²) in [6, 6.07) is 10.0. The predicted molar refractivity (Wildman–Crippen MR) is 74.9 cm³/mol. The molecule has 0 spiro atoms. The average molecular weight is 258 g/mol. The van der Waals surface area contributed by atoms with Gasteiger partial charge in [0.25, 0.3) is 0 Å². The molecule has 1 N–H and O–H groups in total. The van der Waals surface area contributed by atoms with Gasteiger partial charge in [-0.25, -0.2) is 0 Å². The summed E-state index contributed by atoms with van der Waals surface area (Å²) in [7, 11) is 0. The Hall–Kier alpha value is -1.94. The Balaban J connectivity index is 2.16. The van der Waals surface area contributed by atoms with Crippen molar-refractivity contribution in [3.8, 4) is 0 Å². The molecule has 1 heterocycles. The molecule has 1 aromatic carbocycles. The van der Waals surface area contributed by atoms with Gasteiger partial charge in [0, 0.05) is 18.1 Å². The first-order chi connectivity index (χ1) is 9.19. The summed E-state index contributed by atoms with van der Waals surface area (Å²) in [5.41, 5.74) is 2.08. The van der Waals surface area contributed by atoms with Crippen molar-refractivity contribution in [2.75, 3.05) is 13.1 Å². The minimum atomic E-state index is -0.782. The average Bonchev–Trinajstić information content (AvgIpc) is 2.38. The molecular weight excluding hydrogens is 240 g/mol. The van der Waals surface area contributed by atoms with Gasteiger partial charge in [0.05, 0.1) is 12.1 Å². The van der Waals surface area contributed by atoms with Crippen LogP contribution in [0.5, 0.6) is 0 Å². The van der Waals surface area contributed by atoms with E-state index >= 15 is 0 Å². The lowest BCUT2D eigenvalue weighted by Gasteiger charge is -2.19. The Morgan fingerprint density at radius 1 is 1.37 bits per heavy atom. The highest BCUT2D eigenvalue weighted by molar-refractivity contribution is 5.78. The van der Waals surface area contributed by atoms with E-state index in [0.29, 0.717) is 6.54 Å². The third-order valence-electron chi connectivity index (χ3n) is 2.97. The molecular formula is C15H18N2O2. The van der Waals surface area contributed by atoms with Crippen LogP contribution in [-0.4, -0.2) is 34.0 Å². The molecule has 0 unspecified atom stereocenters. The molecule has 0 amide bonds. The monoisotopic (exact) mass is 258 g/mol. The number of hydrogen-bond donors (Lipinski definition) is 1. The maximum Gasteiger partial charge on any atom is 0.317 e.